The van der Waals surface area contributed by atoms with E-state index < -0.39 is 6.10 Å². The van der Waals surface area contributed by atoms with E-state index in [-0.39, 0.29) is 31.1 Å². The maximum atomic E-state index is 13.0. The fraction of sp³-hybridized carbons (Fsp3) is 0.727. The molecule has 0 rings (SSSR count). The van der Waals surface area contributed by atoms with Gasteiger partial charge >= 0.3 is 17.9 Å². The zero-order valence-electron chi connectivity index (χ0n) is 54.7. The average Bonchev–Trinajstić information content (AvgIpc) is 3.49. The molecule has 476 valence electrons. The van der Waals surface area contributed by atoms with Crippen LogP contribution in [0.3, 0.4) is 0 Å². The fourth-order valence-electron chi connectivity index (χ4n) is 9.94. The van der Waals surface area contributed by atoms with E-state index in [2.05, 4.69) is 130 Å². The van der Waals surface area contributed by atoms with Crippen molar-refractivity contribution in [2.24, 2.45) is 0 Å². The molecule has 0 saturated carbocycles. The molecule has 0 aromatic heterocycles. The van der Waals surface area contributed by atoms with E-state index in [4.69, 9.17) is 14.2 Å². The van der Waals surface area contributed by atoms with Crippen molar-refractivity contribution >= 4 is 17.9 Å². The van der Waals surface area contributed by atoms with E-state index in [1.54, 1.807) is 0 Å². The Kier molecular flexibility index (Phi) is 67.2. The maximum Gasteiger partial charge on any atom is 0.306 e. The number of ether oxygens (including phenoxy) is 3. The highest BCUT2D eigenvalue weighted by atomic mass is 16.6. The van der Waals surface area contributed by atoms with Crippen LogP contribution in [0.4, 0.5) is 0 Å². The van der Waals surface area contributed by atoms with Gasteiger partial charge in [0.05, 0.1) is 0 Å². The highest BCUT2D eigenvalue weighted by molar-refractivity contribution is 5.71. The molecule has 0 amide bonds. The Labute approximate surface area is 514 Å². The van der Waals surface area contributed by atoms with E-state index >= 15 is 0 Å². The highest BCUT2D eigenvalue weighted by Crippen LogP contribution is 2.17. The van der Waals surface area contributed by atoms with Crippen LogP contribution in [0.25, 0.3) is 0 Å². The molecule has 0 N–H and O–H groups in total. The van der Waals surface area contributed by atoms with Crippen molar-refractivity contribution in [3.63, 3.8) is 0 Å². The van der Waals surface area contributed by atoms with Gasteiger partial charge in [-0.25, -0.2) is 0 Å². The summed E-state index contributed by atoms with van der Waals surface area (Å²) in [7, 11) is 0. The Bertz CT molecular complexity index is 1660. The second kappa shape index (κ2) is 70.6. The molecule has 6 heteroatoms. The summed E-state index contributed by atoms with van der Waals surface area (Å²) in [5, 5.41) is 0. The molecule has 0 heterocycles. The Balaban J connectivity index is 4.31. The number of hydrogen-bond donors (Lipinski definition) is 0. The van der Waals surface area contributed by atoms with Gasteiger partial charge in [-0.05, 0) is 128 Å². The van der Waals surface area contributed by atoms with Gasteiger partial charge in [-0.15, -0.1) is 0 Å². The number of carbonyl (C=O) groups excluding carboxylic acids is 3. The Morgan fingerprint density at radius 3 is 0.759 bits per heavy atom. The van der Waals surface area contributed by atoms with Crippen LogP contribution in [-0.4, -0.2) is 37.2 Å². The van der Waals surface area contributed by atoms with Crippen molar-refractivity contribution in [2.75, 3.05) is 13.2 Å². The van der Waals surface area contributed by atoms with Crippen molar-refractivity contribution in [3.8, 4) is 0 Å². The van der Waals surface area contributed by atoms with Gasteiger partial charge in [0.1, 0.15) is 13.2 Å². The number of allylic oxidation sites excluding steroid dienone is 18. The lowest BCUT2D eigenvalue weighted by atomic mass is 10.0. The topological polar surface area (TPSA) is 78.9 Å². The summed E-state index contributed by atoms with van der Waals surface area (Å²) in [6.45, 7) is 6.50. The van der Waals surface area contributed by atoms with E-state index in [0.29, 0.717) is 19.3 Å². The molecule has 0 aliphatic carbocycles. The maximum absolute atomic E-state index is 13.0. The van der Waals surface area contributed by atoms with Crippen molar-refractivity contribution in [1.29, 1.82) is 0 Å². The van der Waals surface area contributed by atoms with E-state index in [1.807, 2.05) is 0 Å². The third kappa shape index (κ3) is 68.7. The quantitative estimate of drug-likeness (QED) is 0.0261. The predicted molar refractivity (Wildman–Crippen MR) is 362 cm³/mol. The first-order valence-electron chi connectivity index (χ1n) is 35.4. The minimum atomic E-state index is -0.792. The molecule has 83 heavy (non-hydrogen) atoms. The van der Waals surface area contributed by atoms with E-state index in [1.165, 1.54) is 173 Å². The molecule has 0 saturated heterocycles. The van der Waals surface area contributed by atoms with E-state index in [0.717, 1.165) is 128 Å². The van der Waals surface area contributed by atoms with Crippen LogP contribution in [0, 0.1) is 0 Å². The van der Waals surface area contributed by atoms with Crippen molar-refractivity contribution in [2.45, 2.75) is 348 Å². The zero-order valence-corrected chi connectivity index (χ0v) is 54.7. The van der Waals surface area contributed by atoms with Gasteiger partial charge in [0, 0.05) is 19.3 Å². The summed E-state index contributed by atoms with van der Waals surface area (Å²) < 4.78 is 17.0. The Morgan fingerprint density at radius 2 is 0.470 bits per heavy atom. The number of hydrogen-bond acceptors (Lipinski definition) is 6. The van der Waals surface area contributed by atoms with Gasteiger partial charge in [-0.3, -0.25) is 14.4 Å². The van der Waals surface area contributed by atoms with Crippen molar-refractivity contribution in [3.05, 3.63) is 109 Å². The van der Waals surface area contributed by atoms with Crippen LogP contribution >= 0.6 is 0 Å². The molecule has 1 atom stereocenters. The van der Waals surface area contributed by atoms with Gasteiger partial charge in [-0.1, -0.05) is 304 Å². The first kappa shape index (κ1) is 79.1. The smallest absolute Gasteiger partial charge is 0.306 e. The van der Waals surface area contributed by atoms with E-state index in [9.17, 15) is 14.4 Å². The summed E-state index contributed by atoms with van der Waals surface area (Å²) in [5.41, 5.74) is 0. The van der Waals surface area contributed by atoms with Crippen LogP contribution in [0.1, 0.15) is 342 Å². The predicted octanol–water partition coefficient (Wildman–Crippen LogP) is 24.6. The van der Waals surface area contributed by atoms with Crippen LogP contribution in [0.2, 0.25) is 0 Å². The van der Waals surface area contributed by atoms with Gasteiger partial charge in [0.25, 0.3) is 0 Å². The highest BCUT2D eigenvalue weighted by Gasteiger charge is 2.19. The minimum absolute atomic E-state index is 0.0856. The number of carbonyl (C=O) groups is 3. The SMILES string of the molecule is CC/C=C\C/C=C\C/C=C\C/C=C\CCCCCCCCCCC(=O)OC(COC(=O)CCCCCCC/C=C\C/C=C\CCCCC)COC(=O)CCCCCCCCCCCCCCCC/C=C\C/C=C\C/C=C\CCCCCCC. The van der Waals surface area contributed by atoms with Gasteiger partial charge in [-0.2, -0.15) is 0 Å². The molecule has 0 aromatic rings. The molecule has 6 nitrogen and oxygen atoms in total. The van der Waals surface area contributed by atoms with Crippen molar-refractivity contribution in [1.82, 2.24) is 0 Å². The lowest BCUT2D eigenvalue weighted by Gasteiger charge is -2.18. The van der Waals surface area contributed by atoms with Crippen LogP contribution in [0.15, 0.2) is 109 Å². The molecule has 0 aliphatic heterocycles. The molecule has 1 unspecified atom stereocenters. The molecule has 0 bridgehead atoms. The number of esters is 3. The van der Waals surface area contributed by atoms with Gasteiger partial charge in [0.15, 0.2) is 6.10 Å². The summed E-state index contributed by atoms with van der Waals surface area (Å²) in [6, 6.07) is 0. The third-order valence-corrected chi connectivity index (χ3v) is 15.2. The van der Waals surface area contributed by atoms with Gasteiger partial charge < -0.3 is 14.2 Å². The minimum Gasteiger partial charge on any atom is -0.462 e. The van der Waals surface area contributed by atoms with Gasteiger partial charge in [0.2, 0.25) is 0 Å². The normalized spacial score (nSPS) is 12.8. The second-order valence-corrected chi connectivity index (χ2v) is 23.4. The lowest BCUT2D eigenvalue weighted by molar-refractivity contribution is -0.167. The third-order valence-electron chi connectivity index (χ3n) is 15.2. The fourth-order valence-corrected chi connectivity index (χ4v) is 9.94. The van der Waals surface area contributed by atoms with Crippen LogP contribution < -0.4 is 0 Å². The monoisotopic (exact) mass is 1150 g/mol. The first-order valence-corrected chi connectivity index (χ1v) is 35.4. The molecular formula is C77H132O6. The Hall–Kier alpha value is -3.93. The molecular weight excluding hydrogens is 1020 g/mol. The first-order chi connectivity index (χ1) is 41.0. The lowest BCUT2D eigenvalue weighted by Crippen LogP contribution is -2.30. The zero-order chi connectivity index (χ0) is 59.9. The summed E-state index contributed by atoms with van der Waals surface area (Å²) in [5.74, 6) is -0.896. The molecule has 0 radical (unpaired) electrons. The average molecular weight is 1150 g/mol. The summed E-state index contributed by atoms with van der Waals surface area (Å²) in [4.78, 5) is 38.5. The number of rotatable bonds is 64. The molecule has 0 spiro atoms. The largest absolute Gasteiger partial charge is 0.462 e. The molecule has 0 fully saturated rings. The molecule has 0 aliphatic rings. The standard InChI is InChI=1S/C77H132O6/c1-4-7-10-13-16-19-22-25-28-30-32-34-35-36-37-38-39-40-41-43-44-46-49-52-55-58-61-64-67-70-76(79)82-73-74(72-81-75(78)69-66-63-60-57-54-51-48-27-24-21-18-15-12-9-6-3)83-77(80)71-68-65-62-59-56-53-50-47-45-42-33-31-29-26-23-20-17-14-11-8-5-2/h8,11,17-18,20-22,25-27,29-30,32-33,35-36,42,48,74H,4-7,9-10,12-16,19,23-24,28,31,34,37-41,43-47,49-73H2,1-3H3/b11-8-,20-17-,21-18-,25-22-,29-26-,32-30-,36-35-,42-33-,48-27-. The number of unbranched alkanes of at least 4 members (excludes halogenated alkanes) is 35. The molecule has 0 aromatic carbocycles. The summed E-state index contributed by atoms with van der Waals surface area (Å²) in [6.07, 6.45) is 96.8. The Morgan fingerprint density at radius 1 is 0.253 bits per heavy atom. The second-order valence-electron chi connectivity index (χ2n) is 23.4. The van der Waals surface area contributed by atoms with Crippen LogP contribution in [-0.2, 0) is 28.6 Å². The van der Waals surface area contributed by atoms with Crippen molar-refractivity contribution < 1.29 is 28.6 Å². The summed E-state index contributed by atoms with van der Waals surface area (Å²) >= 11 is 0. The van der Waals surface area contributed by atoms with Crippen LogP contribution in [0.5, 0.6) is 0 Å².